The molecule has 4 nitrogen and oxygen atoms in total. The highest BCUT2D eigenvalue weighted by atomic mass is 16.3. The van der Waals surface area contributed by atoms with Crippen LogP contribution in [0.25, 0.3) is 0 Å². The van der Waals surface area contributed by atoms with E-state index in [1.54, 1.807) is 0 Å². The van der Waals surface area contributed by atoms with Gasteiger partial charge in [-0.1, -0.05) is 6.42 Å². The van der Waals surface area contributed by atoms with Gasteiger partial charge in [-0.2, -0.15) is 5.26 Å². The molecule has 0 saturated heterocycles. The minimum absolute atomic E-state index is 0.156. The third-order valence-electron chi connectivity index (χ3n) is 3.78. The van der Waals surface area contributed by atoms with E-state index in [1.807, 2.05) is 19.9 Å². The summed E-state index contributed by atoms with van der Waals surface area (Å²) in [4.78, 5) is 4.31. The Morgan fingerprint density at radius 1 is 1.47 bits per heavy atom. The first-order valence-corrected chi connectivity index (χ1v) is 6.90. The molecule has 19 heavy (non-hydrogen) atoms. The van der Waals surface area contributed by atoms with E-state index < -0.39 is 0 Å². The zero-order valence-corrected chi connectivity index (χ0v) is 11.6. The fourth-order valence-electron chi connectivity index (χ4n) is 2.81. The average Bonchev–Trinajstić information content (AvgIpc) is 2.36. The maximum absolute atomic E-state index is 9.68. The lowest BCUT2D eigenvalue weighted by Crippen LogP contribution is -2.25. The SMILES string of the molecule is Cc1cc(NCC2CCCC(O)C2)c(C#N)c(C)n1. The van der Waals surface area contributed by atoms with Gasteiger partial charge in [0, 0.05) is 12.2 Å². The number of hydrogen-bond acceptors (Lipinski definition) is 4. The van der Waals surface area contributed by atoms with Gasteiger partial charge in [0.2, 0.25) is 0 Å². The third-order valence-corrected chi connectivity index (χ3v) is 3.78. The molecule has 1 aromatic heterocycles. The molecule has 1 aliphatic rings. The molecule has 1 aliphatic carbocycles. The third kappa shape index (κ3) is 3.45. The lowest BCUT2D eigenvalue weighted by molar-refractivity contribution is 0.105. The highest BCUT2D eigenvalue weighted by Crippen LogP contribution is 2.25. The second-order valence-electron chi connectivity index (χ2n) is 5.45. The Morgan fingerprint density at radius 3 is 2.95 bits per heavy atom. The zero-order chi connectivity index (χ0) is 13.8. The summed E-state index contributed by atoms with van der Waals surface area (Å²) in [6.07, 6.45) is 3.87. The topological polar surface area (TPSA) is 68.9 Å². The summed E-state index contributed by atoms with van der Waals surface area (Å²) >= 11 is 0. The van der Waals surface area contributed by atoms with Gasteiger partial charge < -0.3 is 10.4 Å². The number of pyridine rings is 1. The number of aliphatic hydroxyl groups is 1. The van der Waals surface area contributed by atoms with Crippen LogP contribution >= 0.6 is 0 Å². The van der Waals surface area contributed by atoms with Crippen molar-refractivity contribution in [3.8, 4) is 6.07 Å². The minimum atomic E-state index is -0.156. The van der Waals surface area contributed by atoms with Crippen LogP contribution < -0.4 is 5.32 Å². The van der Waals surface area contributed by atoms with Crippen molar-refractivity contribution in [2.24, 2.45) is 5.92 Å². The summed E-state index contributed by atoms with van der Waals surface area (Å²) in [7, 11) is 0. The highest BCUT2D eigenvalue weighted by molar-refractivity contribution is 5.59. The average molecular weight is 259 g/mol. The summed E-state index contributed by atoms with van der Waals surface area (Å²) in [5, 5.41) is 22.2. The fraction of sp³-hybridized carbons (Fsp3) is 0.600. The van der Waals surface area contributed by atoms with Crippen molar-refractivity contribution >= 4 is 5.69 Å². The molecule has 2 atom stereocenters. The Balaban J connectivity index is 2.05. The van der Waals surface area contributed by atoms with E-state index in [9.17, 15) is 10.4 Å². The molecule has 0 bridgehead atoms. The maximum atomic E-state index is 9.68. The lowest BCUT2D eigenvalue weighted by atomic mass is 9.87. The van der Waals surface area contributed by atoms with Crippen molar-refractivity contribution in [3.63, 3.8) is 0 Å². The monoisotopic (exact) mass is 259 g/mol. The van der Waals surface area contributed by atoms with Crippen LogP contribution in [-0.4, -0.2) is 22.7 Å². The van der Waals surface area contributed by atoms with Crippen LogP contribution in [-0.2, 0) is 0 Å². The molecule has 1 heterocycles. The van der Waals surface area contributed by atoms with Gasteiger partial charge in [0.25, 0.3) is 0 Å². The number of aliphatic hydroxyl groups excluding tert-OH is 1. The first-order valence-electron chi connectivity index (χ1n) is 6.90. The van der Waals surface area contributed by atoms with Crippen LogP contribution in [0.15, 0.2) is 6.07 Å². The molecule has 2 unspecified atom stereocenters. The second-order valence-corrected chi connectivity index (χ2v) is 5.45. The van der Waals surface area contributed by atoms with Gasteiger partial charge in [-0.15, -0.1) is 0 Å². The number of nitrogens with zero attached hydrogens (tertiary/aromatic N) is 2. The highest BCUT2D eigenvalue weighted by Gasteiger charge is 2.20. The van der Waals surface area contributed by atoms with Crippen LogP contribution in [0, 0.1) is 31.1 Å². The number of aromatic nitrogens is 1. The summed E-state index contributed by atoms with van der Waals surface area (Å²) in [5.74, 6) is 0.490. The molecule has 1 saturated carbocycles. The van der Waals surface area contributed by atoms with E-state index in [4.69, 9.17) is 0 Å². The lowest BCUT2D eigenvalue weighted by Gasteiger charge is -2.26. The minimum Gasteiger partial charge on any atom is -0.393 e. The van der Waals surface area contributed by atoms with E-state index in [0.29, 0.717) is 11.5 Å². The van der Waals surface area contributed by atoms with E-state index in [1.165, 1.54) is 0 Å². The molecule has 2 N–H and O–H groups in total. The van der Waals surface area contributed by atoms with Crippen molar-refractivity contribution in [2.75, 3.05) is 11.9 Å². The number of nitriles is 1. The van der Waals surface area contributed by atoms with Gasteiger partial charge in [0.05, 0.1) is 23.0 Å². The van der Waals surface area contributed by atoms with Crippen LogP contribution in [0.1, 0.15) is 42.6 Å². The Morgan fingerprint density at radius 2 is 2.26 bits per heavy atom. The first kappa shape index (κ1) is 13.8. The molecule has 1 aromatic rings. The summed E-state index contributed by atoms with van der Waals surface area (Å²) in [5.41, 5.74) is 3.19. The Kier molecular flexibility index (Phi) is 4.39. The normalized spacial score (nSPS) is 22.8. The number of nitrogens with one attached hydrogen (secondary N) is 1. The predicted molar refractivity (Wildman–Crippen MR) is 74.9 cm³/mol. The molecule has 1 fully saturated rings. The summed E-state index contributed by atoms with van der Waals surface area (Å²) in [6.45, 7) is 4.61. The standard InChI is InChI=1S/C15H21N3O/c1-10-6-15(14(8-16)11(2)18-10)17-9-12-4-3-5-13(19)7-12/h6,12-13,19H,3-5,7,9H2,1-2H3,(H,17,18). The van der Waals surface area contributed by atoms with Crippen molar-refractivity contribution in [1.29, 1.82) is 5.26 Å². The predicted octanol–water partition coefficient (Wildman–Crippen LogP) is 2.53. The summed E-state index contributed by atoms with van der Waals surface area (Å²) < 4.78 is 0. The molecule has 4 heteroatoms. The van der Waals surface area contributed by atoms with E-state index in [2.05, 4.69) is 16.4 Å². The molecule has 0 amide bonds. The van der Waals surface area contributed by atoms with Gasteiger partial charge in [0.1, 0.15) is 6.07 Å². The second kappa shape index (κ2) is 6.03. The van der Waals surface area contributed by atoms with Crippen LogP contribution in [0.3, 0.4) is 0 Å². The van der Waals surface area contributed by atoms with Gasteiger partial charge in [-0.25, -0.2) is 0 Å². The quantitative estimate of drug-likeness (QED) is 0.875. The molecular weight excluding hydrogens is 238 g/mol. The van der Waals surface area contributed by atoms with Gasteiger partial charge in [-0.3, -0.25) is 4.98 Å². The zero-order valence-electron chi connectivity index (χ0n) is 11.6. The number of hydrogen-bond donors (Lipinski definition) is 2. The smallest absolute Gasteiger partial charge is 0.103 e. The van der Waals surface area contributed by atoms with Gasteiger partial charge in [0.15, 0.2) is 0 Å². The van der Waals surface area contributed by atoms with Crippen LogP contribution in [0.4, 0.5) is 5.69 Å². The van der Waals surface area contributed by atoms with E-state index >= 15 is 0 Å². The van der Waals surface area contributed by atoms with Crippen LogP contribution in [0.5, 0.6) is 0 Å². The molecule has 0 radical (unpaired) electrons. The van der Waals surface area contributed by atoms with E-state index in [-0.39, 0.29) is 6.10 Å². The molecule has 0 spiro atoms. The van der Waals surface area contributed by atoms with Gasteiger partial charge in [-0.05, 0) is 45.1 Å². The summed E-state index contributed by atoms with van der Waals surface area (Å²) in [6, 6.07) is 4.13. The van der Waals surface area contributed by atoms with Crippen molar-refractivity contribution in [2.45, 2.75) is 45.6 Å². The Labute approximate surface area is 114 Å². The number of rotatable bonds is 3. The van der Waals surface area contributed by atoms with Gasteiger partial charge >= 0.3 is 0 Å². The van der Waals surface area contributed by atoms with E-state index in [0.717, 1.165) is 49.3 Å². The largest absolute Gasteiger partial charge is 0.393 e. The first-order chi connectivity index (χ1) is 9.10. The molecule has 102 valence electrons. The van der Waals surface area contributed by atoms with Crippen LogP contribution in [0.2, 0.25) is 0 Å². The number of anilines is 1. The maximum Gasteiger partial charge on any atom is 0.103 e. The Hall–Kier alpha value is -1.60. The van der Waals surface area contributed by atoms with Crippen molar-refractivity contribution in [1.82, 2.24) is 4.98 Å². The number of aryl methyl sites for hydroxylation is 2. The molecular formula is C15H21N3O. The molecule has 0 aliphatic heterocycles. The van der Waals surface area contributed by atoms with Crippen molar-refractivity contribution < 1.29 is 5.11 Å². The van der Waals surface area contributed by atoms with Crippen molar-refractivity contribution in [3.05, 3.63) is 23.0 Å². The fourth-order valence-corrected chi connectivity index (χ4v) is 2.81. The molecule has 2 rings (SSSR count). The Bertz CT molecular complexity index is 493. The molecule has 0 aromatic carbocycles.